The molecule has 5 rings (SSSR count). The largest absolute Gasteiger partial charge is 0.459 e. The third-order valence-electron chi connectivity index (χ3n) is 9.69. The number of methoxy groups -OCH3 is 1. The summed E-state index contributed by atoms with van der Waals surface area (Å²) in [6, 6.07) is 9.26. The second-order valence-corrected chi connectivity index (χ2v) is 14.5. The van der Waals surface area contributed by atoms with E-state index in [0.29, 0.717) is 45.3 Å². The first-order chi connectivity index (χ1) is 21.3. The van der Waals surface area contributed by atoms with E-state index in [9.17, 15) is 4.79 Å². The van der Waals surface area contributed by atoms with E-state index in [1.54, 1.807) is 7.11 Å². The van der Waals surface area contributed by atoms with Gasteiger partial charge in [0.1, 0.15) is 17.5 Å². The van der Waals surface area contributed by atoms with Crippen LogP contribution in [-0.2, 0) is 44.9 Å². The number of halogens is 2. The van der Waals surface area contributed by atoms with Crippen molar-refractivity contribution in [3.05, 3.63) is 58.3 Å². The number of rotatable bonds is 11. The second kappa shape index (κ2) is 13.6. The van der Waals surface area contributed by atoms with Crippen LogP contribution < -0.4 is 5.32 Å². The number of aromatic nitrogens is 1. The molecular formula is C36H51F2N3O4. The minimum atomic E-state index is -2.82. The summed E-state index contributed by atoms with van der Waals surface area (Å²) in [4.78, 5) is 20.5. The summed E-state index contributed by atoms with van der Waals surface area (Å²) in [7, 11) is 1.67. The first-order valence-electron chi connectivity index (χ1n) is 16.6. The zero-order valence-corrected chi connectivity index (χ0v) is 27.9. The molecule has 0 bridgehead atoms. The summed E-state index contributed by atoms with van der Waals surface area (Å²) in [6.45, 7) is 11.4. The number of hydrogen-bond acceptors (Lipinski definition) is 7. The lowest BCUT2D eigenvalue weighted by atomic mass is 9.85. The predicted molar refractivity (Wildman–Crippen MR) is 172 cm³/mol. The van der Waals surface area contributed by atoms with Crippen molar-refractivity contribution in [2.75, 3.05) is 32.1 Å². The van der Waals surface area contributed by atoms with Gasteiger partial charge in [-0.2, -0.15) is 0 Å². The Bertz CT molecular complexity index is 1340. The smallest absolute Gasteiger partial charge is 0.328 e. The number of benzene rings is 1. The van der Waals surface area contributed by atoms with Crippen molar-refractivity contribution >= 4 is 11.8 Å². The molecule has 3 unspecified atom stereocenters. The molecule has 248 valence electrons. The number of anilines is 1. The molecule has 9 heteroatoms. The molecule has 1 fully saturated rings. The number of alkyl halides is 2. The van der Waals surface area contributed by atoms with Crippen LogP contribution in [0.15, 0.2) is 30.3 Å². The fourth-order valence-corrected chi connectivity index (χ4v) is 6.88. The van der Waals surface area contributed by atoms with Crippen molar-refractivity contribution in [3.8, 4) is 0 Å². The van der Waals surface area contributed by atoms with Crippen molar-refractivity contribution in [2.45, 2.75) is 122 Å². The summed E-state index contributed by atoms with van der Waals surface area (Å²) in [6.07, 6.45) is 4.43. The highest BCUT2D eigenvalue weighted by Gasteiger charge is 2.47. The highest BCUT2D eigenvalue weighted by atomic mass is 19.3. The average molecular weight is 628 g/mol. The van der Waals surface area contributed by atoms with E-state index in [-0.39, 0.29) is 19.1 Å². The topological polar surface area (TPSA) is 72.9 Å². The van der Waals surface area contributed by atoms with Crippen molar-refractivity contribution in [2.24, 2.45) is 5.92 Å². The Balaban J connectivity index is 1.28. The number of aryl methyl sites for hydroxylation is 2. The Morgan fingerprint density at radius 2 is 1.93 bits per heavy atom. The zero-order valence-electron chi connectivity index (χ0n) is 27.9. The van der Waals surface area contributed by atoms with Crippen LogP contribution in [0.4, 0.5) is 14.6 Å². The molecule has 3 aliphatic rings. The summed E-state index contributed by atoms with van der Waals surface area (Å²) in [5.74, 6) is -3.10. The van der Waals surface area contributed by atoms with Crippen LogP contribution in [0, 0.1) is 5.92 Å². The molecular weight excluding hydrogens is 576 g/mol. The normalized spacial score (nSPS) is 21.5. The molecule has 1 saturated heterocycles. The molecule has 3 aliphatic heterocycles. The lowest BCUT2D eigenvalue weighted by Gasteiger charge is -2.38. The zero-order chi connectivity index (χ0) is 32.4. The van der Waals surface area contributed by atoms with Gasteiger partial charge in [0.05, 0.1) is 18.3 Å². The number of unbranched alkanes of at least 4 members (excludes halogenated alkanes) is 1. The molecule has 0 spiro atoms. The maximum Gasteiger partial charge on any atom is 0.328 e. The van der Waals surface area contributed by atoms with Crippen molar-refractivity contribution in [3.63, 3.8) is 0 Å². The number of fused-ring (bicyclic) bond motifs is 2. The fraction of sp³-hybridized carbons (Fsp3) is 0.667. The SMILES string of the molecule is COC(C)(C)C1Cc2c(cccc2C(C(=O)OC(C)(C)C)N2CCC(C(F)(F)CCCCc3ccc4c(n3)NCCC4)C2)CO1. The fourth-order valence-electron chi connectivity index (χ4n) is 6.88. The lowest BCUT2D eigenvalue weighted by Crippen LogP contribution is -2.44. The first kappa shape index (κ1) is 33.7. The number of likely N-dealkylation sites (tertiary alicyclic amines) is 1. The highest BCUT2D eigenvalue weighted by Crippen LogP contribution is 2.42. The van der Waals surface area contributed by atoms with E-state index >= 15 is 8.78 Å². The van der Waals surface area contributed by atoms with Crippen molar-refractivity contribution in [1.82, 2.24) is 9.88 Å². The van der Waals surface area contributed by atoms with Gasteiger partial charge in [-0.3, -0.25) is 4.90 Å². The van der Waals surface area contributed by atoms with E-state index < -0.39 is 35.1 Å². The Morgan fingerprint density at radius 1 is 1.13 bits per heavy atom. The van der Waals surface area contributed by atoms with E-state index in [4.69, 9.17) is 19.2 Å². The number of carbonyl (C=O) groups excluding carboxylic acids is 1. The maximum atomic E-state index is 15.7. The molecule has 4 heterocycles. The van der Waals surface area contributed by atoms with Gasteiger partial charge < -0.3 is 19.5 Å². The van der Waals surface area contributed by atoms with E-state index in [2.05, 4.69) is 11.4 Å². The Morgan fingerprint density at radius 3 is 2.69 bits per heavy atom. The number of nitrogens with zero attached hydrogens (tertiary/aromatic N) is 2. The molecule has 7 nitrogen and oxygen atoms in total. The quantitative estimate of drug-likeness (QED) is 0.211. The minimum Gasteiger partial charge on any atom is -0.459 e. The lowest BCUT2D eigenvalue weighted by molar-refractivity contribution is -0.162. The van der Waals surface area contributed by atoms with E-state index in [0.717, 1.165) is 47.6 Å². The molecule has 0 saturated carbocycles. The number of ether oxygens (including phenoxy) is 3. The van der Waals surface area contributed by atoms with Gasteiger partial charge in [-0.25, -0.2) is 18.6 Å². The minimum absolute atomic E-state index is 0.141. The molecule has 3 atom stereocenters. The standard InChI is InChI=1S/C36H51F2N3O4/c1-34(2,3)45-33(42)31(28-14-9-11-25-23-44-30(21-29(25)28)35(4,5)43-6)41-20-17-26(22-41)36(37,38)18-8-7-13-27-16-15-24-12-10-19-39-32(24)40-27/h9,11,14-16,26,30-31H,7-8,10,12-13,17-23H2,1-6H3,(H,39,40). The van der Waals surface area contributed by atoms with Gasteiger partial charge in [-0.15, -0.1) is 0 Å². The summed E-state index contributed by atoms with van der Waals surface area (Å²) in [5, 5.41) is 3.35. The molecule has 1 N–H and O–H groups in total. The molecule has 2 aromatic rings. The Kier molecular flexibility index (Phi) is 10.2. The van der Waals surface area contributed by atoms with Crippen LogP contribution in [0.25, 0.3) is 0 Å². The molecule has 0 amide bonds. The Labute approximate surface area is 267 Å². The summed E-state index contributed by atoms with van der Waals surface area (Å²) < 4.78 is 49.2. The van der Waals surface area contributed by atoms with Crippen LogP contribution in [0.2, 0.25) is 0 Å². The van der Waals surface area contributed by atoms with Crippen molar-refractivity contribution in [1.29, 1.82) is 0 Å². The van der Waals surface area contributed by atoms with Gasteiger partial charge in [0.2, 0.25) is 0 Å². The van der Waals surface area contributed by atoms with E-state index in [1.165, 1.54) is 5.56 Å². The number of carbonyl (C=O) groups is 1. The van der Waals surface area contributed by atoms with Gasteiger partial charge >= 0.3 is 5.97 Å². The molecule has 1 aromatic heterocycles. The maximum absolute atomic E-state index is 15.7. The van der Waals surface area contributed by atoms with Gasteiger partial charge in [0.25, 0.3) is 5.92 Å². The van der Waals surface area contributed by atoms with Crippen LogP contribution in [0.3, 0.4) is 0 Å². The molecule has 0 aliphatic carbocycles. The second-order valence-electron chi connectivity index (χ2n) is 14.5. The number of hydrogen-bond donors (Lipinski definition) is 1. The first-order valence-corrected chi connectivity index (χ1v) is 16.6. The van der Waals surface area contributed by atoms with E-state index in [1.807, 2.05) is 63.8 Å². The Hall–Kier alpha value is -2.62. The van der Waals surface area contributed by atoms with Gasteiger partial charge in [-0.1, -0.05) is 24.3 Å². The van der Waals surface area contributed by atoms with Crippen LogP contribution in [0.1, 0.15) is 101 Å². The van der Waals surface area contributed by atoms with Gasteiger partial charge in [0.15, 0.2) is 0 Å². The summed E-state index contributed by atoms with van der Waals surface area (Å²) in [5.41, 5.74) is 3.80. The third-order valence-corrected chi connectivity index (χ3v) is 9.69. The summed E-state index contributed by atoms with van der Waals surface area (Å²) >= 11 is 0. The van der Waals surface area contributed by atoms with Gasteiger partial charge in [0, 0.05) is 44.7 Å². The number of pyridine rings is 1. The highest BCUT2D eigenvalue weighted by molar-refractivity contribution is 5.79. The number of esters is 1. The van der Waals surface area contributed by atoms with Gasteiger partial charge in [-0.05, 0) is 108 Å². The van der Waals surface area contributed by atoms with Crippen LogP contribution in [-0.4, -0.2) is 65.8 Å². The monoisotopic (exact) mass is 627 g/mol. The molecule has 1 aromatic carbocycles. The molecule has 0 radical (unpaired) electrons. The van der Waals surface area contributed by atoms with Crippen LogP contribution >= 0.6 is 0 Å². The van der Waals surface area contributed by atoms with Crippen LogP contribution in [0.5, 0.6) is 0 Å². The molecule has 45 heavy (non-hydrogen) atoms. The predicted octanol–water partition coefficient (Wildman–Crippen LogP) is 7.06. The third kappa shape index (κ3) is 8.03. The average Bonchev–Trinajstić information content (AvgIpc) is 3.49. The van der Waals surface area contributed by atoms with Crippen molar-refractivity contribution < 1.29 is 27.8 Å². The number of nitrogens with one attached hydrogen (secondary N) is 1.